The van der Waals surface area contributed by atoms with Crippen molar-refractivity contribution >= 4 is 0 Å². The monoisotopic (exact) mass is 176 g/mol. The molecule has 70 valence electrons. The zero-order valence-electron chi connectivity index (χ0n) is 8.30. The van der Waals surface area contributed by atoms with Crippen LogP contribution in [0, 0.1) is 13.8 Å². The van der Waals surface area contributed by atoms with Crippen LogP contribution in [0.5, 0.6) is 0 Å². The Balaban J connectivity index is 2.20. The van der Waals surface area contributed by atoms with Crippen molar-refractivity contribution < 1.29 is 5.11 Å². The molecule has 1 aromatic carbocycles. The molecule has 1 aliphatic carbocycles. The first kappa shape index (κ1) is 8.76. The van der Waals surface area contributed by atoms with Crippen molar-refractivity contribution in [2.75, 3.05) is 0 Å². The lowest BCUT2D eigenvalue weighted by atomic mass is 9.99. The van der Waals surface area contributed by atoms with E-state index in [0.717, 1.165) is 19.3 Å². The Labute approximate surface area is 79.4 Å². The lowest BCUT2D eigenvalue weighted by Crippen LogP contribution is -2.11. The van der Waals surface area contributed by atoms with E-state index < -0.39 is 0 Å². The summed E-state index contributed by atoms with van der Waals surface area (Å²) < 4.78 is 0. The van der Waals surface area contributed by atoms with Gasteiger partial charge in [-0.3, -0.25) is 0 Å². The van der Waals surface area contributed by atoms with Gasteiger partial charge in [-0.15, -0.1) is 0 Å². The van der Waals surface area contributed by atoms with Gasteiger partial charge in [-0.05, 0) is 37.8 Å². The summed E-state index contributed by atoms with van der Waals surface area (Å²) in [7, 11) is 0. The maximum Gasteiger partial charge on any atom is 0.0690 e. The lowest BCUT2D eigenvalue weighted by molar-refractivity contribution is 0.151. The summed E-state index contributed by atoms with van der Waals surface area (Å²) in [6.45, 7) is 4.22. The third kappa shape index (κ3) is 1.92. The third-order valence-electron chi connectivity index (χ3n) is 2.84. The summed E-state index contributed by atoms with van der Waals surface area (Å²) in [5.41, 5.74) is 3.54. The van der Waals surface area contributed by atoms with Crippen LogP contribution in [0.4, 0.5) is 0 Å². The molecule has 1 saturated carbocycles. The highest BCUT2D eigenvalue weighted by atomic mass is 16.3. The molecule has 0 amide bonds. The zero-order valence-corrected chi connectivity index (χ0v) is 8.30. The van der Waals surface area contributed by atoms with Crippen molar-refractivity contribution in [3.63, 3.8) is 0 Å². The highest BCUT2D eigenvalue weighted by molar-refractivity contribution is 5.32. The van der Waals surface area contributed by atoms with Crippen LogP contribution in [-0.4, -0.2) is 10.7 Å². The van der Waals surface area contributed by atoms with Gasteiger partial charge >= 0.3 is 0 Å². The average molecular weight is 176 g/mol. The molecule has 1 aliphatic rings. The van der Waals surface area contributed by atoms with Crippen LogP contribution in [-0.2, 0) is 6.42 Å². The SMILES string of the molecule is Cc1ccc(CC2(O)CC2)c(C)c1. The van der Waals surface area contributed by atoms with Gasteiger partial charge < -0.3 is 5.11 Å². The Hall–Kier alpha value is -0.820. The molecule has 1 fully saturated rings. The molecule has 1 heteroatoms. The first-order valence-corrected chi connectivity index (χ1v) is 4.88. The Morgan fingerprint density at radius 2 is 2.00 bits per heavy atom. The van der Waals surface area contributed by atoms with Gasteiger partial charge in [0, 0.05) is 6.42 Å². The van der Waals surface area contributed by atoms with Gasteiger partial charge in [0.25, 0.3) is 0 Å². The molecule has 0 aromatic heterocycles. The van der Waals surface area contributed by atoms with E-state index in [1.54, 1.807) is 0 Å². The Morgan fingerprint density at radius 3 is 2.54 bits per heavy atom. The molecular formula is C12H16O. The summed E-state index contributed by atoms with van der Waals surface area (Å²) >= 11 is 0. The van der Waals surface area contributed by atoms with E-state index in [0.29, 0.717) is 0 Å². The number of hydrogen-bond acceptors (Lipinski definition) is 1. The minimum Gasteiger partial charge on any atom is -0.390 e. The van der Waals surface area contributed by atoms with Crippen molar-refractivity contribution in [1.82, 2.24) is 0 Å². The zero-order chi connectivity index (χ0) is 9.47. The van der Waals surface area contributed by atoms with Crippen LogP contribution < -0.4 is 0 Å². The Bertz CT molecular complexity index is 324. The maximum atomic E-state index is 9.78. The molecule has 1 nitrogen and oxygen atoms in total. The van der Waals surface area contributed by atoms with E-state index in [1.807, 2.05) is 0 Å². The molecule has 0 atom stereocenters. The molecule has 0 heterocycles. The smallest absolute Gasteiger partial charge is 0.0690 e. The second-order valence-electron chi connectivity index (χ2n) is 4.33. The summed E-state index contributed by atoms with van der Waals surface area (Å²) in [5, 5.41) is 9.78. The molecule has 0 aliphatic heterocycles. The molecule has 13 heavy (non-hydrogen) atoms. The van der Waals surface area contributed by atoms with Crippen LogP contribution in [0.15, 0.2) is 18.2 Å². The molecule has 0 radical (unpaired) electrons. The van der Waals surface area contributed by atoms with Gasteiger partial charge in [0.2, 0.25) is 0 Å². The van der Waals surface area contributed by atoms with E-state index in [-0.39, 0.29) is 5.60 Å². The molecule has 0 unspecified atom stereocenters. The van der Waals surface area contributed by atoms with E-state index in [1.165, 1.54) is 16.7 Å². The van der Waals surface area contributed by atoms with Crippen molar-refractivity contribution in [2.45, 2.75) is 38.7 Å². The third-order valence-corrected chi connectivity index (χ3v) is 2.84. The second kappa shape index (κ2) is 2.85. The number of benzene rings is 1. The normalized spacial score (nSPS) is 18.7. The fourth-order valence-corrected chi connectivity index (χ4v) is 1.72. The van der Waals surface area contributed by atoms with Crippen molar-refractivity contribution in [3.05, 3.63) is 34.9 Å². The summed E-state index contributed by atoms with van der Waals surface area (Å²) in [6, 6.07) is 6.44. The van der Waals surface area contributed by atoms with E-state index >= 15 is 0 Å². The lowest BCUT2D eigenvalue weighted by Gasteiger charge is -2.10. The first-order valence-electron chi connectivity index (χ1n) is 4.88. The minimum absolute atomic E-state index is 0.361. The summed E-state index contributed by atoms with van der Waals surface area (Å²) in [5.74, 6) is 0. The van der Waals surface area contributed by atoms with Gasteiger partial charge in [0.05, 0.1) is 5.60 Å². The quantitative estimate of drug-likeness (QED) is 0.733. The van der Waals surface area contributed by atoms with E-state index in [9.17, 15) is 5.11 Å². The van der Waals surface area contributed by atoms with Crippen molar-refractivity contribution in [1.29, 1.82) is 0 Å². The van der Waals surface area contributed by atoms with Gasteiger partial charge in [0.15, 0.2) is 0 Å². The van der Waals surface area contributed by atoms with Crippen molar-refractivity contribution in [3.8, 4) is 0 Å². The van der Waals surface area contributed by atoms with Gasteiger partial charge in [-0.25, -0.2) is 0 Å². The standard InChI is InChI=1S/C12H16O/c1-9-3-4-11(10(2)7-9)8-12(13)5-6-12/h3-4,7,13H,5-6,8H2,1-2H3. The van der Waals surface area contributed by atoms with E-state index in [2.05, 4.69) is 32.0 Å². The van der Waals surface area contributed by atoms with Gasteiger partial charge in [-0.2, -0.15) is 0 Å². The molecule has 1 aromatic rings. The molecule has 0 bridgehead atoms. The van der Waals surface area contributed by atoms with Crippen LogP contribution in [0.25, 0.3) is 0 Å². The van der Waals surface area contributed by atoms with Gasteiger partial charge in [0.1, 0.15) is 0 Å². The predicted octanol–water partition coefficient (Wildman–Crippen LogP) is 2.37. The maximum absolute atomic E-state index is 9.78. The van der Waals surface area contributed by atoms with Crippen LogP contribution in [0.2, 0.25) is 0 Å². The van der Waals surface area contributed by atoms with Gasteiger partial charge in [-0.1, -0.05) is 23.8 Å². The average Bonchev–Trinajstić information content (AvgIpc) is 2.75. The number of hydrogen-bond donors (Lipinski definition) is 1. The molecular weight excluding hydrogens is 160 g/mol. The number of aryl methyl sites for hydroxylation is 2. The second-order valence-corrected chi connectivity index (χ2v) is 4.33. The van der Waals surface area contributed by atoms with Crippen LogP contribution in [0.3, 0.4) is 0 Å². The first-order chi connectivity index (χ1) is 6.09. The molecule has 1 N–H and O–H groups in total. The van der Waals surface area contributed by atoms with Crippen LogP contribution >= 0.6 is 0 Å². The number of rotatable bonds is 2. The molecule has 2 rings (SSSR count). The number of aliphatic hydroxyl groups is 1. The fraction of sp³-hybridized carbons (Fsp3) is 0.500. The summed E-state index contributed by atoms with van der Waals surface area (Å²) in [4.78, 5) is 0. The summed E-state index contributed by atoms with van der Waals surface area (Å²) in [6.07, 6.45) is 2.78. The largest absolute Gasteiger partial charge is 0.390 e. The van der Waals surface area contributed by atoms with Crippen molar-refractivity contribution in [2.24, 2.45) is 0 Å². The Kier molecular flexibility index (Phi) is 1.92. The topological polar surface area (TPSA) is 20.2 Å². The van der Waals surface area contributed by atoms with E-state index in [4.69, 9.17) is 0 Å². The molecule has 0 saturated heterocycles. The fourth-order valence-electron chi connectivity index (χ4n) is 1.72. The highest BCUT2D eigenvalue weighted by Crippen LogP contribution is 2.38. The minimum atomic E-state index is -0.361. The molecule has 0 spiro atoms. The predicted molar refractivity (Wildman–Crippen MR) is 53.8 cm³/mol. The Morgan fingerprint density at radius 1 is 1.31 bits per heavy atom. The highest BCUT2D eigenvalue weighted by Gasteiger charge is 2.40. The van der Waals surface area contributed by atoms with Crippen LogP contribution in [0.1, 0.15) is 29.5 Å².